The number of benzene rings is 3. The maximum Gasteiger partial charge on any atom is 0.342 e. The summed E-state index contributed by atoms with van der Waals surface area (Å²) in [5.41, 5.74) is 1.10. The molecule has 0 aliphatic carbocycles. The molecule has 3 aromatic rings. The van der Waals surface area contributed by atoms with Crippen LogP contribution in [0.2, 0.25) is 0 Å². The number of aromatic hydroxyl groups is 2. The molecule has 0 bridgehead atoms. The number of rotatable bonds is 10. The smallest absolute Gasteiger partial charge is 0.342 e. The van der Waals surface area contributed by atoms with Crippen molar-refractivity contribution in [2.45, 2.75) is 12.5 Å². The van der Waals surface area contributed by atoms with Crippen molar-refractivity contribution in [1.29, 1.82) is 0 Å². The highest BCUT2D eigenvalue weighted by atomic mass is 16.6. The lowest BCUT2D eigenvalue weighted by atomic mass is 10.1. The van der Waals surface area contributed by atoms with Gasteiger partial charge in [-0.3, -0.25) is 0 Å². The highest BCUT2D eigenvalue weighted by Crippen LogP contribution is 2.19. The van der Waals surface area contributed by atoms with Crippen LogP contribution in [0.3, 0.4) is 0 Å². The third-order valence-corrected chi connectivity index (χ3v) is 4.59. The summed E-state index contributed by atoms with van der Waals surface area (Å²) in [4.78, 5) is 24.5. The molecule has 0 saturated heterocycles. The Morgan fingerprint density at radius 1 is 0.719 bits per heavy atom. The summed E-state index contributed by atoms with van der Waals surface area (Å²) in [6.07, 6.45) is -0.198. The summed E-state index contributed by atoms with van der Waals surface area (Å²) in [6.45, 7) is 0.125. The maximum atomic E-state index is 12.5. The molecule has 166 valence electrons. The largest absolute Gasteiger partial charge is 0.507 e. The second-order valence-corrected chi connectivity index (χ2v) is 6.96. The minimum atomic E-state index is -0.654. The van der Waals surface area contributed by atoms with Crippen LogP contribution in [0, 0.1) is 0 Å². The molecule has 2 N–H and O–H groups in total. The molecule has 1 atom stereocenters. The molecular formula is C25H24O7. The minimum Gasteiger partial charge on any atom is -0.507 e. The molecule has 0 aromatic heterocycles. The Balaban J connectivity index is 1.53. The van der Waals surface area contributed by atoms with E-state index in [0.29, 0.717) is 6.42 Å². The second-order valence-electron chi connectivity index (χ2n) is 6.96. The van der Waals surface area contributed by atoms with Gasteiger partial charge in [-0.05, 0) is 29.8 Å². The van der Waals surface area contributed by atoms with E-state index in [9.17, 15) is 19.8 Å². The van der Waals surface area contributed by atoms with Gasteiger partial charge in [0, 0.05) is 6.42 Å². The van der Waals surface area contributed by atoms with Crippen molar-refractivity contribution >= 4 is 11.9 Å². The van der Waals surface area contributed by atoms with E-state index in [1.165, 1.54) is 24.3 Å². The monoisotopic (exact) mass is 436 g/mol. The van der Waals surface area contributed by atoms with Crippen LogP contribution in [0.25, 0.3) is 0 Å². The van der Waals surface area contributed by atoms with Crippen molar-refractivity contribution in [2.75, 3.05) is 19.8 Å². The lowest BCUT2D eigenvalue weighted by Gasteiger charge is -2.19. The van der Waals surface area contributed by atoms with Gasteiger partial charge < -0.3 is 24.4 Å². The highest BCUT2D eigenvalue weighted by molar-refractivity contribution is 5.92. The second kappa shape index (κ2) is 11.5. The summed E-state index contributed by atoms with van der Waals surface area (Å²) >= 11 is 0. The fourth-order valence-corrected chi connectivity index (χ4v) is 3.00. The first-order chi connectivity index (χ1) is 15.5. The van der Waals surface area contributed by atoms with E-state index in [0.717, 1.165) is 5.56 Å². The van der Waals surface area contributed by atoms with Gasteiger partial charge in [0.25, 0.3) is 0 Å². The van der Waals surface area contributed by atoms with Crippen molar-refractivity contribution in [2.24, 2.45) is 0 Å². The molecule has 0 saturated carbocycles. The molecular weight excluding hydrogens is 412 g/mol. The SMILES string of the molecule is O=C(OCCOCC(Cc1ccccc1)OC(=O)c1ccccc1O)c1ccccc1O. The van der Waals surface area contributed by atoms with E-state index >= 15 is 0 Å². The quantitative estimate of drug-likeness (QED) is 0.369. The van der Waals surface area contributed by atoms with Crippen molar-refractivity contribution in [1.82, 2.24) is 0 Å². The number of carbonyl (C=O) groups is 2. The Labute approximate surface area is 185 Å². The molecule has 0 aliphatic heterocycles. The molecule has 7 heteroatoms. The van der Waals surface area contributed by atoms with E-state index in [1.807, 2.05) is 30.3 Å². The summed E-state index contributed by atoms with van der Waals surface area (Å²) in [6, 6.07) is 21.7. The molecule has 0 spiro atoms. The fraction of sp³-hybridized carbons (Fsp3) is 0.200. The highest BCUT2D eigenvalue weighted by Gasteiger charge is 2.19. The van der Waals surface area contributed by atoms with E-state index in [2.05, 4.69) is 0 Å². The van der Waals surface area contributed by atoms with Crippen LogP contribution < -0.4 is 0 Å². The molecule has 1 unspecified atom stereocenters. The fourth-order valence-electron chi connectivity index (χ4n) is 3.00. The van der Waals surface area contributed by atoms with E-state index in [4.69, 9.17) is 14.2 Å². The van der Waals surface area contributed by atoms with Gasteiger partial charge in [0.1, 0.15) is 35.3 Å². The third-order valence-electron chi connectivity index (χ3n) is 4.59. The Morgan fingerprint density at radius 3 is 1.91 bits per heavy atom. The summed E-state index contributed by atoms with van der Waals surface area (Å²) in [7, 11) is 0. The average Bonchev–Trinajstić information content (AvgIpc) is 2.80. The van der Waals surface area contributed by atoms with Gasteiger partial charge in [0.15, 0.2) is 0 Å². The predicted octanol–water partition coefficient (Wildman–Crippen LogP) is 3.74. The van der Waals surface area contributed by atoms with Gasteiger partial charge in [-0.1, -0.05) is 54.6 Å². The third kappa shape index (κ3) is 6.58. The zero-order valence-corrected chi connectivity index (χ0v) is 17.3. The number of para-hydroxylation sites is 2. The van der Waals surface area contributed by atoms with Crippen molar-refractivity contribution in [3.8, 4) is 11.5 Å². The first-order valence-corrected chi connectivity index (χ1v) is 10.1. The van der Waals surface area contributed by atoms with E-state index in [-0.39, 0.29) is 42.4 Å². The van der Waals surface area contributed by atoms with Gasteiger partial charge in [-0.2, -0.15) is 0 Å². The Kier molecular flexibility index (Phi) is 8.22. The predicted molar refractivity (Wildman–Crippen MR) is 117 cm³/mol. The van der Waals surface area contributed by atoms with Crippen molar-refractivity contribution < 1.29 is 34.0 Å². The first kappa shape index (κ1) is 22.8. The molecule has 0 heterocycles. The first-order valence-electron chi connectivity index (χ1n) is 10.1. The summed E-state index contributed by atoms with van der Waals surface area (Å²) in [5.74, 6) is -1.62. The molecule has 32 heavy (non-hydrogen) atoms. The molecule has 0 amide bonds. The lowest BCUT2D eigenvalue weighted by Crippen LogP contribution is -2.27. The van der Waals surface area contributed by atoms with Crippen LogP contribution in [-0.2, 0) is 20.6 Å². The maximum absolute atomic E-state index is 12.5. The average molecular weight is 436 g/mol. The van der Waals surface area contributed by atoms with Gasteiger partial charge >= 0.3 is 11.9 Å². The van der Waals surface area contributed by atoms with Crippen molar-refractivity contribution in [3.05, 3.63) is 95.6 Å². The number of hydrogen-bond donors (Lipinski definition) is 2. The zero-order chi connectivity index (χ0) is 22.8. The summed E-state index contributed by atoms with van der Waals surface area (Å²) < 4.78 is 16.3. The topological polar surface area (TPSA) is 102 Å². The van der Waals surface area contributed by atoms with Crippen molar-refractivity contribution in [3.63, 3.8) is 0 Å². The number of esters is 2. The lowest BCUT2D eigenvalue weighted by molar-refractivity contribution is -0.0142. The summed E-state index contributed by atoms with van der Waals surface area (Å²) in [5, 5.41) is 19.6. The molecule has 0 fully saturated rings. The normalized spacial score (nSPS) is 11.5. The molecule has 3 rings (SSSR count). The van der Waals surface area contributed by atoms with Gasteiger partial charge in [-0.15, -0.1) is 0 Å². The Hall–Kier alpha value is -3.84. The number of phenols is 2. The number of phenolic OH excluding ortho intramolecular Hbond substituents is 2. The molecule has 7 nitrogen and oxygen atoms in total. The van der Waals surface area contributed by atoms with E-state index < -0.39 is 18.0 Å². The number of carbonyl (C=O) groups excluding carboxylic acids is 2. The number of hydrogen-bond acceptors (Lipinski definition) is 7. The zero-order valence-electron chi connectivity index (χ0n) is 17.3. The van der Waals surface area contributed by atoms with Crippen LogP contribution in [-0.4, -0.2) is 48.1 Å². The minimum absolute atomic E-state index is 0.0291. The number of ether oxygens (including phenoxy) is 3. The molecule has 0 radical (unpaired) electrons. The van der Waals surface area contributed by atoms with Gasteiger partial charge in [-0.25, -0.2) is 9.59 Å². The van der Waals surface area contributed by atoms with Gasteiger partial charge in [0.2, 0.25) is 0 Å². The van der Waals surface area contributed by atoms with Crippen LogP contribution >= 0.6 is 0 Å². The van der Waals surface area contributed by atoms with Crippen LogP contribution in [0.15, 0.2) is 78.9 Å². The standard InChI is InChI=1S/C25H24O7/c26-22-12-6-4-10-20(22)24(28)31-15-14-30-17-19(16-18-8-2-1-3-9-18)32-25(29)21-11-5-7-13-23(21)27/h1-13,19,26-27H,14-17H2. The van der Waals surface area contributed by atoms with Crippen LogP contribution in [0.1, 0.15) is 26.3 Å². The van der Waals surface area contributed by atoms with Gasteiger partial charge in [0.05, 0.1) is 13.2 Å². The van der Waals surface area contributed by atoms with Crippen LogP contribution in [0.4, 0.5) is 0 Å². The Morgan fingerprint density at radius 2 is 1.28 bits per heavy atom. The van der Waals surface area contributed by atoms with Crippen LogP contribution in [0.5, 0.6) is 11.5 Å². The molecule has 0 aliphatic rings. The van der Waals surface area contributed by atoms with E-state index in [1.54, 1.807) is 24.3 Å². The Bertz CT molecular complexity index is 1030. The molecule has 3 aromatic carbocycles.